The van der Waals surface area contributed by atoms with E-state index in [1.54, 1.807) is 60.7 Å². The van der Waals surface area contributed by atoms with Gasteiger partial charge >= 0.3 is 5.97 Å². The number of ether oxygens (including phenoxy) is 1. The van der Waals surface area contributed by atoms with Crippen LogP contribution in [0.1, 0.15) is 21.5 Å². The number of rotatable bonds is 5. The second-order valence-corrected chi connectivity index (χ2v) is 9.88. The van der Waals surface area contributed by atoms with Gasteiger partial charge in [0.05, 0.1) is 17.0 Å². The number of benzene rings is 3. The summed E-state index contributed by atoms with van der Waals surface area (Å²) in [5.74, 6) is -0.500. The molecule has 1 fully saturated rings. The van der Waals surface area contributed by atoms with E-state index in [9.17, 15) is 14.4 Å². The number of carbonyl (C=O) groups is 3. The van der Waals surface area contributed by atoms with Gasteiger partial charge in [-0.05, 0) is 82.4 Å². The summed E-state index contributed by atoms with van der Waals surface area (Å²) in [6, 6.07) is 18.8. The summed E-state index contributed by atoms with van der Waals surface area (Å²) in [7, 11) is 0. The van der Waals surface area contributed by atoms with Crippen molar-refractivity contribution in [2.75, 3.05) is 0 Å². The van der Waals surface area contributed by atoms with Gasteiger partial charge in [-0.1, -0.05) is 53.5 Å². The summed E-state index contributed by atoms with van der Waals surface area (Å²) in [5.41, 5.74) is 1.68. The number of carbonyl (C=O) groups excluding carboxylic acids is 3. The van der Waals surface area contributed by atoms with Gasteiger partial charge in [0.25, 0.3) is 11.1 Å². The highest BCUT2D eigenvalue weighted by Gasteiger charge is 2.35. The summed E-state index contributed by atoms with van der Waals surface area (Å²) in [4.78, 5) is 39.0. The van der Waals surface area contributed by atoms with Crippen LogP contribution < -0.4 is 4.74 Å². The van der Waals surface area contributed by atoms with E-state index in [1.807, 2.05) is 12.1 Å². The van der Waals surface area contributed by atoms with Crippen molar-refractivity contribution in [1.82, 2.24) is 4.90 Å². The zero-order valence-electron chi connectivity index (χ0n) is 16.8. The zero-order chi connectivity index (χ0) is 23.5. The molecule has 0 atom stereocenters. The van der Waals surface area contributed by atoms with E-state index in [-0.39, 0.29) is 11.4 Å². The molecule has 3 aromatic rings. The van der Waals surface area contributed by atoms with Crippen LogP contribution in [0.4, 0.5) is 4.79 Å². The fourth-order valence-corrected chi connectivity index (χ4v) is 5.01. The first-order valence-electron chi connectivity index (χ1n) is 9.58. The van der Waals surface area contributed by atoms with Crippen molar-refractivity contribution in [3.8, 4) is 5.75 Å². The Hall–Kier alpha value is -2.33. The molecule has 1 saturated heterocycles. The van der Waals surface area contributed by atoms with Crippen molar-refractivity contribution < 1.29 is 19.1 Å². The van der Waals surface area contributed by atoms with Crippen LogP contribution in [0.2, 0.25) is 10.0 Å². The van der Waals surface area contributed by atoms with Crippen molar-refractivity contribution in [2.24, 2.45) is 0 Å². The first-order chi connectivity index (χ1) is 15.8. The number of halogens is 3. The second-order valence-electron chi connectivity index (χ2n) is 6.91. The van der Waals surface area contributed by atoms with Crippen LogP contribution in [0.25, 0.3) is 6.08 Å². The summed E-state index contributed by atoms with van der Waals surface area (Å²) < 4.78 is 6.22. The molecule has 3 aromatic carbocycles. The number of amides is 2. The maximum atomic E-state index is 12.8. The van der Waals surface area contributed by atoms with Crippen molar-refractivity contribution in [3.63, 3.8) is 0 Å². The van der Waals surface area contributed by atoms with Crippen molar-refractivity contribution in [3.05, 3.63) is 102 Å². The molecule has 4 rings (SSSR count). The molecule has 1 heterocycles. The lowest BCUT2D eigenvalue weighted by Crippen LogP contribution is -2.27. The SMILES string of the molecule is O=C(Oc1ccc(/C=C2\SC(=O)N(Cc3c(Cl)cccc3Cl)C2=O)cc1)c1ccccc1I. The molecule has 2 amide bonds. The maximum absolute atomic E-state index is 12.8. The van der Waals surface area contributed by atoms with Crippen LogP contribution in [0.3, 0.4) is 0 Å². The molecule has 0 spiro atoms. The Morgan fingerprint density at radius 1 is 0.970 bits per heavy atom. The Labute approximate surface area is 217 Å². The standard InChI is InChI=1S/C24H14Cl2INO4S/c25-18-5-3-6-19(26)17(18)13-28-22(29)21(33-24(28)31)12-14-8-10-15(11-9-14)32-23(30)16-4-1-2-7-20(16)27/h1-12H,13H2/b21-12-. The first kappa shape index (κ1) is 23.8. The molecule has 9 heteroatoms. The van der Waals surface area contributed by atoms with Gasteiger partial charge in [0.15, 0.2) is 0 Å². The fraction of sp³-hybridized carbons (Fsp3) is 0.0417. The lowest BCUT2D eigenvalue weighted by atomic mass is 10.2. The third-order valence-electron chi connectivity index (χ3n) is 4.73. The molecule has 0 saturated carbocycles. The number of hydrogen-bond acceptors (Lipinski definition) is 5. The molecule has 0 radical (unpaired) electrons. The van der Waals surface area contributed by atoms with Crippen molar-refractivity contribution >= 4 is 80.7 Å². The molecule has 0 N–H and O–H groups in total. The van der Waals surface area contributed by atoms with Crippen molar-refractivity contribution in [1.29, 1.82) is 0 Å². The van der Waals surface area contributed by atoms with Gasteiger partial charge in [-0.3, -0.25) is 14.5 Å². The predicted molar refractivity (Wildman–Crippen MR) is 139 cm³/mol. The summed E-state index contributed by atoms with van der Waals surface area (Å²) in [5, 5.41) is 0.381. The lowest BCUT2D eigenvalue weighted by Gasteiger charge is -2.14. The number of hydrogen-bond donors (Lipinski definition) is 0. The van der Waals surface area contributed by atoms with E-state index in [0.29, 0.717) is 32.5 Å². The molecule has 5 nitrogen and oxygen atoms in total. The van der Waals surface area contributed by atoms with Crippen LogP contribution in [-0.2, 0) is 11.3 Å². The quantitative estimate of drug-likeness (QED) is 0.134. The van der Waals surface area contributed by atoms with Gasteiger partial charge in [0.1, 0.15) is 5.75 Å². The minimum absolute atomic E-state index is 0.00626. The van der Waals surface area contributed by atoms with Crippen LogP contribution in [0, 0.1) is 3.57 Å². The predicted octanol–water partition coefficient (Wildman–Crippen LogP) is 7.05. The largest absolute Gasteiger partial charge is 0.423 e. The highest BCUT2D eigenvalue weighted by Crippen LogP contribution is 2.35. The Morgan fingerprint density at radius 2 is 1.64 bits per heavy atom. The van der Waals surface area contributed by atoms with Crippen LogP contribution in [-0.4, -0.2) is 22.0 Å². The zero-order valence-corrected chi connectivity index (χ0v) is 21.2. The van der Waals surface area contributed by atoms with E-state index in [2.05, 4.69) is 22.6 Å². The summed E-state index contributed by atoms with van der Waals surface area (Å²) >= 11 is 15.3. The topological polar surface area (TPSA) is 63.7 Å². The van der Waals surface area contributed by atoms with E-state index in [4.69, 9.17) is 27.9 Å². The molecule has 0 bridgehead atoms. The fourth-order valence-electron chi connectivity index (χ4n) is 3.05. The number of imide groups is 1. The maximum Gasteiger partial charge on any atom is 0.344 e. The van der Waals surface area contributed by atoms with Crippen LogP contribution in [0.15, 0.2) is 71.6 Å². The number of nitrogens with zero attached hydrogens (tertiary/aromatic N) is 1. The highest BCUT2D eigenvalue weighted by molar-refractivity contribution is 14.1. The second kappa shape index (κ2) is 10.3. The van der Waals surface area contributed by atoms with Crippen LogP contribution in [0.5, 0.6) is 5.75 Å². The first-order valence-corrected chi connectivity index (χ1v) is 12.2. The van der Waals surface area contributed by atoms with Gasteiger partial charge in [0.2, 0.25) is 0 Å². The third-order valence-corrected chi connectivity index (χ3v) is 7.29. The highest BCUT2D eigenvalue weighted by atomic mass is 127. The Bertz CT molecular complexity index is 1270. The molecule has 166 valence electrons. The van der Waals surface area contributed by atoms with E-state index in [1.165, 1.54) is 0 Å². The molecule has 0 unspecified atom stereocenters. The summed E-state index contributed by atoms with van der Waals surface area (Å²) in [6.45, 7) is -0.00626. The van der Waals surface area contributed by atoms with Crippen molar-refractivity contribution in [2.45, 2.75) is 6.54 Å². The Morgan fingerprint density at radius 3 is 2.30 bits per heavy atom. The molecule has 1 aliphatic rings. The molecule has 1 aliphatic heterocycles. The van der Waals surface area contributed by atoms with E-state index in [0.717, 1.165) is 20.2 Å². The smallest absolute Gasteiger partial charge is 0.344 e. The minimum Gasteiger partial charge on any atom is -0.423 e. The molecule has 33 heavy (non-hydrogen) atoms. The van der Waals surface area contributed by atoms with Gasteiger partial charge in [-0.25, -0.2) is 4.79 Å². The van der Waals surface area contributed by atoms with Gasteiger partial charge in [-0.15, -0.1) is 0 Å². The average molecular weight is 610 g/mol. The third kappa shape index (κ3) is 5.43. The van der Waals surface area contributed by atoms with E-state index < -0.39 is 17.1 Å². The van der Waals surface area contributed by atoms with Gasteiger partial charge in [0, 0.05) is 19.2 Å². The normalized spacial score (nSPS) is 14.8. The van der Waals surface area contributed by atoms with Crippen LogP contribution >= 0.6 is 57.6 Å². The minimum atomic E-state index is -0.452. The number of esters is 1. The Kier molecular flexibility index (Phi) is 7.43. The van der Waals surface area contributed by atoms with Gasteiger partial charge in [-0.2, -0.15) is 0 Å². The lowest BCUT2D eigenvalue weighted by molar-refractivity contribution is -0.123. The summed E-state index contributed by atoms with van der Waals surface area (Å²) in [6.07, 6.45) is 1.62. The number of thioether (sulfide) groups is 1. The molecular weight excluding hydrogens is 596 g/mol. The molecule has 0 aromatic heterocycles. The molecule has 0 aliphatic carbocycles. The Balaban J connectivity index is 1.47. The monoisotopic (exact) mass is 609 g/mol. The molecular formula is C24H14Cl2INO4S. The van der Waals surface area contributed by atoms with Gasteiger partial charge < -0.3 is 4.74 Å². The van der Waals surface area contributed by atoms with E-state index >= 15 is 0 Å². The average Bonchev–Trinajstić information content (AvgIpc) is 3.05.